The van der Waals surface area contributed by atoms with Crippen LogP contribution in [0.4, 0.5) is 10.2 Å². The van der Waals surface area contributed by atoms with Crippen molar-refractivity contribution in [2.75, 3.05) is 0 Å². The first kappa shape index (κ1) is 19.4. The van der Waals surface area contributed by atoms with Crippen LogP contribution in [0.1, 0.15) is 6.92 Å². The molecule has 0 fully saturated rings. The Labute approximate surface area is 175 Å². The molecule has 1 aromatic carbocycles. The highest BCUT2D eigenvalue weighted by molar-refractivity contribution is 7.59. The van der Waals surface area contributed by atoms with Gasteiger partial charge in [-0.1, -0.05) is 0 Å². The standard InChI is InChI=1S/C18H14FN5O3S.H2S/c1-18(10-23-8-15(24(25)26)21-17(23)27-18)9-22-6-13-14(7-22)28-16(20-13)11-2-4-12(19)5-3-11;/h2-8H,9-10H2,1H3;1H2/t18-;/m0./s1. The van der Waals surface area contributed by atoms with Gasteiger partial charge in [-0.15, -0.1) is 11.3 Å². The molecule has 0 aliphatic carbocycles. The minimum Gasteiger partial charge on any atom is -0.436 e. The highest BCUT2D eigenvalue weighted by Crippen LogP contribution is 2.34. The number of hydrogen-bond acceptors (Lipinski definition) is 6. The van der Waals surface area contributed by atoms with Crippen LogP contribution in [0.5, 0.6) is 6.01 Å². The van der Waals surface area contributed by atoms with E-state index in [-0.39, 0.29) is 31.1 Å². The van der Waals surface area contributed by atoms with Crippen molar-refractivity contribution in [3.05, 3.63) is 58.8 Å². The minimum atomic E-state index is -0.557. The molecule has 0 N–H and O–H groups in total. The van der Waals surface area contributed by atoms with Crippen molar-refractivity contribution in [3.63, 3.8) is 0 Å². The van der Waals surface area contributed by atoms with E-state index in [1.807, 2.05) is 23.9 Å². The average molecular weight is 433 g/mol. The van der Waals surface area contributed by atoms with Crippen molar-refractivity contribution in [1.29, 1.82) is 0 Å². The molecule has 0 unspecified atom stereocenters. The zero-order valence-corrected chi connectivity index (χ0v) is 17.0. The van der Waals surface area contributed by atoms with Gasteiger partial charge in [0.1, 0.15) is 22.6 Å². The van der Waals surface area contributed by atoms with E-state index in [0.717, 1.165) is 20.8 Å². The van der Waals surface area contributed by atoms with Crippen LogP contribution in [0.3, 0.4) is 0 Å². The van der Waals surface area contributed by atoms with Gasteiger partial charge in [-0.3, -0.25) is 4.57 Å². The van der Waals surface area contributed by atoms with Crippen molar-refractivity contribution in [2.45, 2.75) is 25.6 Å². The van der Waals surface area contributed by atoms with Gasteiger partial charge in [-0.05, 0) is 36.1 Å². The Balaban J connectivity index is 0.00000205. The number of thiazole rings is 1. The smallest absolute Gasteiger partial charge is 0.415 e. The topological polar surface area (TPSA) is 88.0 Å². The van der Waals surface area contributed by atoms with Gasteiger partial charge in [0.25, 0.3) is 0 Å². The van der Waals surface area contributed by atoms with Crippen molar-refractivity contribution < 1.29 is 14.1 Å². The lowest BCUT2D eigenvalue weighted by Gasteiger charge is -2.22. The molecule has 0 saturated heterocycles. The Kier molecular flexibility index (Phi) is 4.58. The second kappa shape index (κ2) is 6.85. The summed E-state index contributed by atoms with van der Waals surface area (Å²) in [4.78, 5) is 18.8. The predicted octanol–water partition coefficient (Wildman–Crippen LogP) is 3.97. The van der Waals surface area contributed by atoms with Crippen LogP contribution in [0.15, 0.2) is 42.9 Å². The minimum absolute atomic E-state index is 0. The Hall–Kier alpha value is -2.92. The maximum Gasteiger partial charge on any atom is 0.415 e. The van der Waals surface area contributed by atoms with E-state index in [9.17, 15) is 14.5 Å². The molecule has 4 aromatic rings. The third-order valence-corrected chi connectivity index (χ3v) is 5.67. The number of fused-ring (bicyclic) bond motifs is 2. The lowest BCUT2D eigenvalue weighted by molar-refractivity contribution is -0.389. The van der Waals surface area contributed by atoms with Gasteiger partial charge < -0.3 is 19.4 Å². The molecule has 0 saturated carbocycles. The van der Waals surface area contributed by atoms with Crippen LogP contribution >= 0.6 is 24.8 Å². The number of imidazole rings is 1. The second-order valence-electron chi connectivity index (χ2n) is 7.02. The van der Waals surface area contributed by atoms with E-state index in [4.69, 9.17) is 4.74 Å². The molecular weight excluding hydrogens is 417 g/mol. The summed E-state index contributed by atoms with van der Waals surface area (Å²) in [6.07, 6.45) is 5.33. The zero-order chi connectivity index (χ0) is 19.5. The van der Waals surface area contributed by atoms with Gasteiger partial charge in [0, 0.05) is 22.9 Å². The van der Waals surface area contributed by atoms with Gasteiger partial charge in [0.05, 0.1) is 23.3 Å². The average Bonchev–Trinajstić information content (AvgIpc) is 3.33. The van der Waals surface area contributed by atoms with Gasteiger partial charge in [0.2, 0.25) is 0 Å². The third kappa shape index (κ3) is 3.47. The number of hydrogen-bond donors (Lipinski definition) is 0. The van der Waals surface area contributed by atoms with Crippen molar-refractivity contribution >= 4 is 40.9 Å². The molecule has 1 atom stereocenters. The monoisotopic (exact) mass is 433 g/mol. The Bertz CT molecular complexity index is 1160. The fourth-order valence-corrected chi connectivity index (χ4v) is 4.43. The molecule has 5 rings (SSSR count). The molecule has 11 heteroatoms. The predicted molar refractivity (Wildman–Crippen MR) is 111 cm³/mol. The molecule has 29 heavy (non-hydrogen) atoms. The summed E-state index contributed by atoms with van der Waals surface area (Å²) in [5.74, 6) is -0.483. The molecule has 0 spiro atoms. The molecule has 8 nitrogen and oxygen atoms in total. The fraction of sp³-hybridized carbons (Fsp3) is 0.222. The Morgan fingerprint density at radius 1 is 1.28 bits per heavy atom. The van der Waals surface area contributed by atoms with E-state index >= 15 is 0 Å². The number of halogens is 1. The zero-order valence-electron chi connectivity index (χ0n) is 15.2. The molecule has 3 aromatic heterocycles. The molecular formula is C18H16FN5O3S2. The van der Waals surface area contributed by atoms with E-state index < -0.39 is 10.5 Å². The lowest BCUT2D eigenvalue weighted by atomic mass is 10.1. The number of nitrogens with zero attached hydrogens (tertiary/aromatic N) is 5. The second-order valence-corrected chi connectivity index (χ2v) is 8.06. The summed E-state index contributed by atoms with van der Waals surface area (Å²) in [7, 11) is 0. The number of nitro groups is 1. The molecule has 0 amide bonds. The SMILES string of the molecule is C[C@]1(Cn2cc3nc(-c4ccc(F)cc4)sc3c2)Cn2cc([N+](=O)[O-])nc2O1.S. The lowest BCUT2D eigenvalue weighted by Crippen LogP contribution is -2.36. The van der Waals surface area contributed by atoms with Gasteiger partial charge in [-0.25, -0.2) is 9.37 Å². The molecule has 0 radical (unpaired) electrons. The van der Waals surface area contributed by atoms with E-state index in [1.165, 1.54) is 18.3 Å². The summed E-state index contributed by atoms with van der Waals surface area (Å²) >= 11 is 1.54. The first-order valence-corrected chi connectivity index (χ1v) is 9.33. The van der Waals surface area contributed by atoms with E-state index in [1.54, 1.807) is 28.0 Å². The maximum absolute atomic E-state index is 13.1. The highest BCUT2D eigenvalue weighted by Gasteiger charge is 2.40. The molecule has 1 aliphatic heterocycles. The first-order chi connectivity index (χ1) is 13.4. The summed E-state index contributed by atoms with van der Waals surface area (Å²) in [5, 5.41) is 11.7. The number of benzene rings is 1. The van der Waals surface area contributed by atoms with Crippen molar-refractivity contribution in [3.8, 4) is 16.6 Å². The molecule has 1 aliphatic rings. The Morgan fingerprint density at radius 3 is 2.69 bits per heavy atom. The summed E-state index contributed by atoms with van der Waals surface area (Å²) in [6, 6.07) is 6.55. The van der Waals surface area contributed by atoms with Crippen LogP contribution in [0.25, 0.3) is 20.8 Å². The summed E-state index contributed by atoms with van der Waals surface area (Å²) in [5.41, 5.74) is 1.19. The fourth-order valence-electron chi connectivity index (χ4n) is 3.43. The summed E-state index contributed by atoms with van der Waals surface area (Å²) in [6.45, 7) is 2.97. The van der Waals surface area contributed by atoms with Crippen LogP contribution < -0.4 is 4.74 Å². The number of aromatic nitrogens is 4. The molecule has 0 bridgehead atoms. The van der Waals surface area contributed by atoms with E-state index in [2.05, 4.69) is 9.97 Å². The molecule has 150 valence electrons. The van der Waals surface area contributed by atoms with Gasteiger partial charge in [-0.2, -0.15) is 13.5 Å². The summed E-state index contributed by atoms with van der Waals surface area (Å²) < 4.78 is 23.7. The quantitative estimate of drug-likeness (QED) is 0.359. The number of rotatable bonds is 4. The van der Waals surface area contributed by atoms with Crippen molar-refractivity contribution in [1.82, 2.24) is 19.1 Å². The molecule has 4 heterocycles. The first-order valence-electron chi connectivity index (χ1n) is 8.51. The largest absolute Gasteiger partial charge is 0.436 e. The Morgan fingerprint density at radius 2 is 2.03 bits per heavy atom. The van der Waals surface area contributed by atoms with Gasteiger partial charge in [0.15, 0.2) is 0 Å². The maximum atomic E-state index is 13.1. The van der Waals surface area contributed by atoms with Crippen LogP contribution in [0, 0.1) is 15.9 Å². The highest BCUT2D eigenvalue weighted by atomic mass is 32.1. The van der Waals surface area contributed by atoms with Crippen LogP contribution in [-0.2, 0) is 13.1 Å². The van der Waals surface area contributed by atoms with E-state index in [0.29, 0.717) is 13.1 Å². The third-order valence-electron chi connectivity index (χ3n) is 4.62. The van der Waals surface area contributed by atoms with Crippen LogP contribution in [0.2, 0.25) is 0 Å². The number of ether oxygens (including phenoxy) is 1. The van der Waals surface area contributed by atoms with Gasteiger partial charge >= 0.3 is 11.8 Å². The van der Waals surface area contributed by atoms with Crippen LogP contribution in [-0.4, -0.2) is 29.6 Å². The normalized spacial score (nSPS) is 17.7. The van der Waals surface area contributed by atoms with Crippen molar-refractivity contribution in [2.24, 2.45) is 0 Å².